The van der Waals surface area contributed by atoms with E-state index >= 15 is 0 Å². The van der Waals surface area contributed by atoms with Gasteiger partial charge in [-0.05, 0) is 11.7 Å². The van der Waals surface area contributed by atoms with Crippen molar-refractivity contribution >= 4 is 47.7 Å². The molecule has 0 N–H and O–H groups in total. The molecular weight excluding hydrogens is 269 g/mol. The summed E-state index contributed by atoms with van der Waals surface area (Å²) >= 11 is 15.7. The maximum atomic E-state index is 11.7. The average Bonchev–Trinajstić information content (AvgIpc) is 2.58. The highest BCUT2D eigenvalue weighted by atomic mass is 35.5. The second-order valence-corrected chi connectivity index (χ2v) is 4.71. The van der Waals surface area contributed by atoms with Crippen molar-refractivity contribution in [1.29, 1.82) is 0 Å². The van der Waals surface area contributed by atoms with Crippen LogP contribution in [0.3, 0.4) is 0 Å². The lowest BCUT2D eigenvalue weighted by Gasteiger charge is -2.14. The fraction of sp³-hybridized carbons (Fsp3) is 0.444. The Morgan fingerprint density at radius 1 is 1.44 bits per heavy atom. The summed E-state index contributed by atoms with van der Waals surface area (Å²) in [5.41, 5.74) is 0. The third-order valence-corrected chi connectivity index (χ3v) is 3.26. The molecule has 1 unspecified atom stereocenters. The van der Waals surface area contributed by atoms with E-state index < -0.39 is 0 Å². The molecule has 86 valence electrons. The van der Waals surface area contributed by atoms with Crippen LogP contribution >= 0.6 is 35.8 Å². The van der Waals surface area contributed by atoms with Crippen molar-refractivity contribution in [1.82, 2.24) is 9.97 Å². The zero-order valence-corrected chi connectivity index (χ0v) is 10.6. The molecule has 0 aromatic carbocycles. The van der Waals surface area contributed by atoms with Gasteiger partial charge in [-0.1, -0.05) is 23.2 Å². The quantitative estimate of drug-likeness (QED) is 0.665. The van der Waals surface area contributed by atoms with Gasteiger partial charge in [0.1, 0.15) is 10.3 Å². The Morgan fingerprint density at radius 3 is 2.56 bits per heavy atom. The van der Waals surface area contributed by atoms with Crippen LogP contribution in [0.4, 0.5) is 5.95 Å². The molecule has 7 heteroatoms. The smallest absolute Gasteiger partial charge is 0.234 e. The van der Waals surface area contributed by atoms with Gasteiger partial charge in [0, 0.05) is 19.0 Å². The number of aromatic nitrogens is 2. The standard InChI is InChI=1S/C9H9Cl2N3OS/c10-6-2-7(11)13-9(12-6)14-3-5(4-16)1-8(14)15/h2,5,16H,1,3-4H2. The molecule has 1 aliphatic heterocycles. The van der Waals surface area contributed by atoms with E-state index in [-0.39, 0.29) is 28.1 Å². The van der Waals surface area contributed by atoms with Crippen LogP contribution in [0.5, 0.6) is 0 Å². The van der Waals surface area contributed by atoms with E-state index in [4.69, 9.17) is 23.2 Å². The van der Waals surface area contributed by atoms with Gasteiger partial charge in [0.05, 0.1) is 0 Å². The molecule has 0 bridgehead atoms. The number of hydrogen-bond acceptors (Lipinski definition) is 4. The van der Waals surface area contributed by atoms with Gasteiger partial charge >= 0.3 is 0 Å². The van der Waals surface area contributed by atoms with E-state index in [0.717, 1.165) is 0 Å². The molecule has 4 nitrogen and oxygen atoms in total. The largest absolute Gasteiger partial charge is 0.280 e. The number of thiol groups is 1. The fourth-order valence-corrected chi connectivity index (χ4v) is 2.26. The molecular formula is C9H9Cl2N3OS. The van der Waals surface area contributed by atoms with Crippen LogP contribution in [0.15, 0.2) is 6.07 Å². The van der Waals surface area contributed by atoms with Gasteiger partial charge in [-0.25, -0.2) is 9.97 Å². The third-order valence-electron chi connectivity index (χ3n) is 2.36. The Balaban J connectivity index is 2.27. The van der Waals surface area contributed by atoms with E-state index in [9.17, 15) is 4.79 Å². The van der Waals surface area contributed by atoms with Gasteiger partial charge in [0.2, 0.25) is 11.9 Å². The van der Waals surface area contributed by atoms with E-state index in [2.05, 4.69) is 22.6 Å². The lowest BCUT2D eigenvalue weighted by molar-refractivity contribution is -0.117. The number of rotatable bonds is 2. The summed E-state index contributed by atoms with van der Waals surface area (Å²) in [6.07, 6.45) is 0.469. The first-order valence-electron chi connectivity index (χ1n) is 4.71. The molecule has 1 amide bonds. The van der Waals surface area contributed by atoms with Crippen molar-refractivity contribution in [2.24, 2.45) is 5.92 Å². The van der Waals surface area contributed by atoms with E-state index in [1.807, 2.05) is 0 Å². The predicted molar refractivity (Wildman–Crippen MR) is 66.4 cm³/mol. The highest BCUT2D eigenvalue weighted by Gasteiger charge is 2.31. The van der Waals surface area contributed by atoms with Gasteiger partial charge in [-0.3, -0.25) is 9.69 Å². The van der Waals surface area contributed by atoms with E-state index in [1.54, 1.807) is 0 Å². The lowest BCUT2D eigenvalue weighted by Crippen LogP contribution is -2.26. The SMILES string of the molecule is O=C1CC(CS)CN1c1nc(Cl)cc(Cl)n1. The monoisotopic (exact) mass is 277 g/mol. The summed E-state index contributed by atoms with van der Waals surface area (Å²) in [5, 5.41) is 0.467. The molecule has 1 aromatic rings. The first kappa shape index (κ1) is 12.0. The average molecular weight is 278 g/mol. The molecule has 1 saturated heterocycles. The number of anilines is 1. The normalized spacial score (nSPS) is 20.6. The number of nitrogens with zero attached hydrogens (tertiary/aromatic N) is 3. The summed E-state index contributed by atoms with van der Waals surface area (Å²) in [5.74, 6) is 1.15. The lowest BCUT2D eigenvalue weighted by atomic mass is 10.1. The zero-order valence-electron chi connectivity index (χ0n) is 8.23. The summed E-state index contributed by atoms with van der Waals surface area (Å²) in [6.45, 7) is 0.568. The van der Waals surface area contributed by atoms with Crippen molar-refractivity contribution in [2.45, 2.75) is 6.42 Å². The molecule has 1 atom stereocenters. The predicted octanol–water partition coefficient (Wildman–Crippen LogP) is 2.07. The van der Waals surface area contributed by atoms with Crippen LogP contribution in [0.25, 0.3) is 0 Å². The van der Waals surface area contributed by atoms with Crippen LogP contribution in [-0.2, 0) is 4.79 Å². The summed E-state index contributed by atoms with van der Waals surface area (Å²) < 4.78 is 0. The second-order valence-electron chi connectivity index (χ2n) is 3.57. The van der Waals surface area contributed by atoms with Gasteiger partial charge in [-0.2, -0.15) is 12.6 Å². The van der Waals surface area contributed by atoms with Gasteiger partial charge in [0.25, 0.3) is 0 Å². The van der Waals surface area contributed by atoms with Crippen LogP contribution in [0, 0.1) is 5.92 Å². The Morgan fingerprint density at radius 2 is 2.06 bits per heavy atom. The molecule has 1 aliphatic rings. The van der Waals surface area contributed by atoms with Crippen molar-refractivity contribution in [3.05, 3.63) is 16.4 Å². The first-order chi connectivity index (χ1) is 7.60. The molecule has 0 saturated carbocycles. The highest BCUT2D eigenvalue weighted by Crippen LogP contribution is 2.25. The molecule has 2 rings (SSSR count). The van der Waals surface area contributed by atoms with Gasteiger partial charge in [0.15, 0.2) is 0 Å². The Bertz CT molecular complexity index is 409. The van der Waals surface area contributed by atoms with Gasteiger partial charge in [-0.15, -0.1) is 0 Å². The highest BCUT2D eigenvalue weighted by molar-refractivity contribution is 7.80. The number of hydrogen-bond donors (Lipinski definition) is 1. The first-order valence-corrected chi connectivity index (χ1v) is 6.10. The third kappa shape index (κ3) is 2.42. The molecule has 1 aromatic heterocycles. The summed E-state index contributed by atoms with van der Waals surface area (Å²) in [4.78, 5) is 21.2. The van der Waals surface area contributed by atoms with Crippen LogP contribution in [0.2, 0.25) is 10.3 Å². The van der Waals surface area contributed by atoms with Crippen molar-refractivity contribution in [2.75, 3.05) is 17.2 Å². The molecule has 0 aliphatic carbocycles. The number of halogens is 2. The van der Waals surface area contributed by atoms with E-state index in [1.165, 1.54) is 11.0 Å². The zero-order chi connectivity index (χ0) is 11.7. The van der Waals surface area contributed by atoms with Crippen molar-refractivity contribution < 1.29 is 4.79 Å². The minimum Gasteiger partial charge on any atom is -0.280 e. The Labute approximate surface area is 108 Å². The fourth-order valence-electron chi connectivity index (χ4n) is 1.60. The Kier molecular flexibility index (Phi) is 3.56. The van der Waals surface area contributed by atoms with Crippen LogP contribution in [0.1, 0.15) is 6.42 Å². The van der Waals surface area contributed by atoms with Crippen LogP contribution < -0.4 is 4.90 Å². The summed E-state index contributed by atoms with van der Waals surface area (Å²) in [7, 11) is 0. The number of carbonyl (C=O) groups excluding carboxylic acids is 1. The summed E-state index contributed by atoms with van der Waals surface area (Å²) in [6, 6.07) is 1.43. The molecule has 2 heterocycles. The molecule has 1 fully saturated rings. The minimum absolute atomic E-state index is 0.0163. The van der Waals surface area contributed by atoms with Crippen molar-refractivity contribution in [3.8, 4) is 0 Å². The maximum Gasteiger partial charge on any atom is 0.234 e. The maximum absolute atomic E-state index is 11.7. The molecule has 0 spiro atoms. The second kappa shape index (κ2) is 4.77. The molecule has 0 radical (unpaired) electrons. The molecule has 16 heavy (non-hydrogen) atoms. The van der Waals surface area contributed by atoms with E-state index in [0.29, 0.717) is 18.7 Å². The number of carbonyl (C=O) groups is 1. The minimum atomic E-state index is -0.0163. The van der Waals surface area contributed by atoms with Crippen molar-refractivity contribution in [3.63, 3.8) is 0 Å². The van der Waals surface area contributed by atoms with Crippen LogP contribution in [-0.4, -0.2) is 28.2 Å². The number of amides is 1. The van der Waals surface area contributed by atoms with Gasteiger partial charge < -0.3 is 0 Å². The topological polar surface area (TPSA) is 46.1 Å². The Hall–Kier alpha value is -0.520.